The fourth-order valence-corrected chi connectivity index (χ4v) is 6.12. The number of aryl methyl sites for hydroxylation is 1. The number of methoxy groups -OCH3 is 2. The number of amides is 2. The molecule has 1 N–H and O–H groups in total. The predicted octanol–water partition coefficient (Wildman–Crippen LogP) is 6.47. The van der Waals surface area contributed by atoms with E-state index < -0.39 is 0 Å². The van der Waals surface area contributed by atoms with Gasteiger partial charge in [-0.2, -0.15) is 0 Å². The zero-order valence-corrected chi connectivity index (χ0v) is 20.3. The second-order valence-electron chi connectivity index (χ2n) is 7.71. The van der Waals surface area contributed by atoms with Crippen molar-refractivity contribution in [1.29, 1.82) is 0 Å². The molecule has 2 aromatic carbocycles. The van der Waals surface area contributed by atoms with Crippen LogP contribution < -0.4 is 14.8 Å². The Morgan fingerprint density at radius 3 is 2.56 bits per heavy atom. The van der Waals surface area contributed by atoms with Crippen molar-refractivity contribution in [2.75, 3.05) is 26.1 Å². The molecule has 1 aliphatic heterocycles. The number of nitrogens with zero attached hydrogens (tertiary/aromatic N) is 1. The van der Waals surface area contributed by atoms with Crippen LogP contribution in [0.4, 0.5) is 10.5 Å². The first kappa shape index (κ1) is 22.5. The van der Waals surface area contributed by atoms with E-state index in [1.807, 2.05) is 23.1 Å². The molecule has 1 aliphatic rings. The molecule has 0 spiro atoms. The second kappa shape index (κ2) is 9.43. The lowest BCUT2D eigenvalue weighted by atomic mass is 9.92. The number of thiophene rings is 1. The van der Waals surface area contributed by atoms with Crippen LogP contribution in [0.1, 0.15) is 39.4 Å². The average Bonchev–Trinajstić information content (AvgIpc) is 3.13. The molecule has 0 fully saturated rings. The molecule has 2 heterocycles. The Morgan fingerprint density at radius 1 is 1.19 bits per heavy atom. The highest BCUT2D eigenvalue weighted by Crippen LogP contribution is 2.43. The third-order valence-corrected chi connectivity index (χ3v) is 7.50. The molecular formula is C25H27ClN2O3S. The summed E-state index contributed by atoms with van der Waals surface area (Å²) >= 11 is 8.11. The number of carbonyl (C=O) groups excluding carboxylic acids is 1. The Kier molecular flexibility index (Phi) is 6.63. The summed E-state index contributed by atoms with van der Waals surface area (Å²) < 4.78 is 10.7. The maximum atomic E-state index is 13.5. The van der Waals surface area contributed by atoms with Crippen molar-refractivity contribution in [3.8, 4) is 11.5 Å². The lowest BCUT2D eigenvalue weighted by Gasteiger charge is -2.36. The SMILES string of the molecule is CCc1c(C)sc2c1CCN(C(=O)Nc1cc(Cl)c(OC)cc1OC)C2c1ccccc1. The van der Waals surface area contributed by atoms with Crippen molar-refractivity contribution in [2.45, 2.75) is 32.7 Å². The zero-order valence-electron chi connectivity index (χ0n) is 18.7. The third-order valence-electron chi connectivity index (χ3n) is 5.96. The van der Waals surface area contributed by atoms with E-state index in [4.69, 9.17) is 21.1 Å². The topological polar surface area (TPSA) is 50.8 Å². The zero-order chi connectivity index (χ0) is 22.8. The Labute approximate surface area is 197 Å². The largest absolute Gasteiger partial charge is 0.495 e. The molecule has 4 rings (SSSR count). The highest BCUT2D eigenvalue weighted by molar-refractivity contribution is 7.12. The summed E-state index contributed by atoms with van der Waals surface area (Å²) in [5.74, 6) is 0.987. The van der Waals surface area contributed by atoms with Crippen LogP contribution >= 0.6 is 22.9 Å². The Hall–Kier alpha value is -2.70. The van der Waals surface area contributed by atoms with Crippen LogP contribution in [0.25, 0.3) is 0 Å². The molecule has 2 amide bonds. The van der Waals surface area contributed by atoms with Gasteiger partial charge in [-0.15, -0.1) is 11.3 Å². The molecule has 0 radical (unpaired) electrons. The standard InChI is InChI=1S/C25H27ClN2O3S/c1-5-17-15(2)32-24-18(17)11-12-28(23(24)16-9-7-6-8-10-16)25(29)27-20-13-19(26)21(30-3)14-22(20)31-4/h6-10,13-14,23H,5,11-12H2,1-4H3,(H,27,29). The van der Waals surface area contributed by atoms with Crippen molar-refractivity contribution >= 4 is 34.7 Å². The van der Waals surface area contributed by atoms with Crippen molar-refractivity contribution in [1.82, 2.24) is 4.90 Å². The molecule has 1 atom stereocenters. The number of anilines is 1. The van der Waals surface area contributed by atoms with Crippen molar-refractivity contribution in [3.63, 3.8) is 0 Å². The van der Waals surface area contributed by atoms with E-state index in [-0.39, 0.29) is 12.1 Å². The number of carbonyl (C=O) groups is 1. The molecule has 5 nitrogen and oxygen atoms in total. The number of benzene rings is 2. The number of rotatable bonds is 5. The first-order valence-electron chi connectivity index (χ1n) is 10.6. The van der Waals surface area contributed by atoms with Crippen molar-refractivity contribution in [3.05, 3.63) is 73.9 Å². The number of fused-ring (bicyclic) bond motifs is 1. The number of urea groups is 1. The van der Waals surface area contributed by atoms with Gasteiger partial charge in [0.05, 0.1) is 31.0 Å². The molecule has 0 aliphatic carbocycles. The molecule has 0 bridgehead atoms. The summed E-state index contributed by atoms with van der Waals surface area (Å²) in [6.07, 6.45) is 1.85. The van der Waals surface area contributed by atoms with Gasteiger partial charge in [0.15, 0.2) is 0 Å². The van der Waals surface area contributed by atoms with Gasteiger partial charge in [0.2, 0.25) is 0 Å². The van der Waals surface area contributed by atoms with Crippen LogP contribution in [0.15, 0.2) is 42.5 Å². The quantitative estimate of drug-likeness (QED) is 0.465. The van der Waals surface area contributed by atoms with Gasteiger partial charge in [0, 0.05) is 22.4 Å². The predicted molar refractivity (Wildman–Crippen MR) is 131 cm³/mol. The minimum absolute atomic E-state index is 0.135. The second-order valence-corrected chi connectivity index (χ2v) is 9.37. The third kappa shape index (κ3) is 4.05. The summed E-state index contributed by atoms with van der Waals surface area (Å²) in [7, 11) is 3.10. The highest BCUT2D eigenvalue weighted by atomic mass is 35.5. The fourth-order valence-electron chi connectivity index (χ4n) is 4.44. The first-order chi connectivity index (χ1) is 15.5. The van der Waals surface area contributed by atoms with E-state index >= 15 is 0 Å². The van der Waals surface area contributed by atoms with Gasteiger partial charge < -0.3 is 19.7 Å². The Balaban J connectivity index is 1.72. The summed E-state index contributed by atoms with van der Waals surface area (Å²) in [6.45, 7) is 5.01. The summed E-state index contributed by atoms with van der Waals surface area (Å²) in [4.78, 5) is 18.0. The maximum absolute atomic E-state index is 13.5. The molecular weight excluding hydrogens is 444 g/mol. The number of hydrogen-bond donors (Lipinski definition) is 1. The highest BCUT2D eigenvalue weighted by Gasteiger charge is 2.35. The normalized spacial score (nSPS) is 15.3. The Bertz CT molecular complexity index is 1130. The van der Waals surface area contributed by atoms with E-state index in [0.717, 1.165) is 18.4 Å². The molecule has 3 aromatic rings. The van der Waals surface area contributed by atoms with E-state index in [9.17, 15) is 4.79 Å². The van der Waals surface area contributed by atoms with Gasteiger partial charge in [0.25, 0.3) is 0 Å². The van der Waals surface area contributed by atoms with E-state index in [0.29, 0.717) is 28.8 Å². The molecule has 1 unspecified atom stereocenters. The number of nitrogens with one attached hydrogen (secondary N) is 1. The molecule has 32 heavy (non-hydrogen) atoms. The summed E-state index contributed by atoms with van der Waals surface area (Å²) in [5.41, 5.74) is 4.44. The maximum Gasteiger partial charge on any atom is 0.322 e. The van der Waals surface area contributed by atoms with E-state index in [1.54, 1.807) is 37.7 Å². The fraction of sp³-hybridized carbons (Fsp3) is 0.320. The average molecular weight is 471 g/mol. The van der Waals surface area contributed by atoms with Gasteiger partial charge >= 0.3 is 6.03 Å². The van der Waals surface area contributed by atoms with Crippen molar-refractivity contribution < 1.29 is 14.3 Å². The van der Waals surface area contributed by atoms with Crippen LogP contribution in [0.5, 0.6) is 11.5 Å². The smallest absolute Gasteiger partial charge is 0.322 e. The number of halogens is 1. The van der Waals surface area contributed by atoms with Gasteiger partial charge in [-0.25, -0.2) is 4.79 Å². The summed E-state index contributed by atoms with van der Waals surface area (Å²) in [5, 5.41) is 3.42. The Morgan fingerprint density at radius 2 is 1.91 bits per heavy atom. The summed E-state index contributed by atoms with van der Waals surface area (Å²) in [6, 6.07) is 13.2. The minimum atomic E-state index is -0.187. The molecule has 0 saturated heterocycles. The van der Waals surface area contributed by atoms with Crippen LogP contribution in [0.3, 0.4) is 0 Å². The van der Waals surface area contributed by atoms with Gasteiger partial charge in [-0.1, -0.05) is 48.9 Å². The molecule has 0 saturated carbocycles. The molecule has 7 heteroatoms. The van der Waals surface area contributed by atoms with Crippen LogP contribution in [0, 0.1) is 6.92 Å². The molecule has 1 aromatic heterocycles. The monoisotopic (exact) mass is 470 g/mol. The van der Waals surface area contributed by atoms with Gasteiger partial charge in [-0.3, -0.25) is 0 Å². The van der Waals surface area contributed by atoms with Crippen molar-refractivity contribution in [2.24, 2.45) is 0 Å². The van der Waals surface area contributed by atoms with Crippen LogP contribution in [0.2, 0.25) is 5.02 Å². The minimum Gasteiger partial charge on any atom is -0.495 e. The van der Waals surface area contributed by atoms with E-state index in [1.165, 1.54) is 20.9 Å². The number of ether oxygens (including phenoxy) is 2. The van der Waals surface area contributed by atoms with Crippen LogP contribution in [-0.4, -0.2) is 31.7 Å². The molecule has 168 valence electrons. The van der Waals surface area contributed by atoms with Gasteiger partial charge in [0.1, 0.15) is 11.5 Å². The van der Waals surface area contributed by atoms with Gasteiger partial charge in [-0.05, 0) is 42.5 Å². The lowest BCUT2D eigenvalue weighted by Crippen LogP contribution is -2.42. The van der Waals surface area contributed by atoms with Crippen LogP contribution in [-0.2, 0) is 12.8 Å². The number of hydrogen-bond acceptors (Lipinski definition) is 4. The van der Waals surface area contributed by atoms with E-state index in [2.05, 4.69) is 31.3 Å². The lowest BCUT2D eigenvalue weighted by molar-refractivity contribution is 0.195. The first-order valence-corrected chi connectivity index (χ1v) is 11.8.